The zero-order valence-electron chi connectivity index (χ0n) is 12.8. The van der Waals surface area contributed by atoms with Gasteiger partial charge in [-0.05, 0) is 48.1 Å². The molecule has 22 heavy (non-hydrogen) atoms. The lowest BCUT2D eigenvalue weighted by Crippen LogP contribution is -2.24. The van der Waals surface area contributed by atoms with Crippen LogP contribution >= 0.6 is 11.3 Å². The van der Waals surface area contributed by atoms with Crippen LogP contribution in [0.4, 0.5) is 0 Å². The monoisotopic (exact) mass is 316 g/mol. The first-order chi connectivity index (χ1) is 10.7. The molecule has 0 unspecified atom stereocenters. The molecule has 0 radical (unpaired) electrons. The highest BCUT2D eigenvalue weighted by Gasteiger charge is 2.02. The van der Waals surface area contributed by atoms with E-state index in [1.54, 1.807) is 17.6 Å². The second-order valence-electron chi connectivity index (χ2n) is 4.94. The second kappa shape index (κ2) is 8.34. The third-order valence-corrected chi connectivity index (χ3v) is 4.06. The van der Waals surface area contributed by atoms with Crippen LogP contribution in [0.3, 0.4) is 0 Å². The van der Waals surface area contributed by atoms with Crippen molar-refractivity contribution >= 4 is 23.5 Å². The Balaban J connectivity index is 1.75. The van der Waals surface area contributed by atoms with E-state index in [-0.39, 0.29) is 12.5 Å². The van der Waals surface area contributed by atoms with Gasteiger partial charge in [-0.1, -0.05) is 25.5 Å². The summed E-state index contributed by atoms with van der Waals surface area (Å²) in [4.78, 5) is 12.7. The molecule has 0 aliphatic rings. The molecule has 0 saturated carbocycles. The molecule has 2 aromatic rings. The number of hydrogen-bond acceptors (Lipinski definition) is 4. The maximum atomic E-state index is 11.7. The Kier molecular flexibility index (Phi) is 6.15. The van der Waals surface area contributed by atoms with Crippen molar-refractivity contribution in [3.8, 4) is 5.75 Å². The standard InChI is InChI=1S/C17H20N2O2S/c1-3-4-14-5-7-15(8-6-14)21-12-17(20)19-18-11-16-13(2)9-10-22-16/h5-11H,3-4,12H2,1-2H3,(H,19,20)/b18-11+. The first kappa shape index (κ1) is 16.2. The SMILES string of the molecule is CCCc1ccc(OCC(=O)N/N=C/c2sccc2C)cc1. The number of aryl methyl sites for hydroxylation is 2. The topological polar surface area (TPSA) is 50.7 Å². The molecule has 0 spiro atoms. The van der Waals surface area contributed by atoms with Crippen LogP contribution < -0.4 is 10.2 Å². The van der Waals surface area contributed by atoms with Crippen LogP contribution in [0, 0.1) is 6.92 Å². The van der Waals surface area contributed by atoms with Crippen molar-refractivity contribution in [2.24, 2.45) is 5.10 Å². The molecule has 1 aromatic carbocycles. The van der Waals surface area contributed by atoms with Crippen LogP contribution in [0.25, 0.3) is 0 Å². The number of thiophene rings is 1. The van der Waals surface area contributed by atoms with Crippen molar-refractivity contribution in [1.29, 1.82) is 0 Å². The van der Waals surface area contributed by atoms with Crippen molar-refractivity contribution in [1.82, 2.24) is 5.43 Å². The second-order valence-corrected chi connectivity index (χ2v) is 5.89. The fourth-order valence-electron chi connectivity index (χ4n) is 1.90. The van der Waals surface area contributed by atoms with E-state index in [0.29, 0.717) is 5.75 Å². The van der Waals surface area contributed by atoms with Gasteiger partial charge in [0.05, 0.1) is 6.21 Å². The molecule has 0 saturated heterocycles. The highest BCUT2D eigenvalue weighted by atomic mass is 32.1. The van der Waals surface area contributed by atoms with Gasteiger partial charge in [-0.25, -0.2) is 5.43 Å². The molecule has 0 aliphatic carbocycles. The molecule has 1 N–H and O–H groups in total. The number of benzene rings is 1. The van der Waals surface area contributed by atoms with Gasteiger partial charge in [-0.3, -0.25) is 4.79 Å². The van der Waals surface area contributed by atoms with E-state index in [9.17, 15) is 4.79 Å². The number of nitrogens with zero attached hydrogens (tertiary/aromatic N) is 1. The highest BCUT2D eigenvalue weighted by Crippen LogP contribution is 2.13. The summed E-state index contributed by atoms with van der Waals surface area (Å²) >= 11 is 1.58. The molecule has 116 valence electrons. The minimum atomic E-state index is -0.275. The van der Waals surface area contributed by atoms with E-state index in [1.807, 2.05) is 42.6 Å². The van der Waals surface area contributed by atoms with Gasteiger partial charge in [0.25, 0.3) is 5.91 Å². The Labute approximate surface area is 134 Å². The molecule has 1 aromatic heterocycles. The Morgan fingerprint density at radius 1 is 1.32 bits per heavy atom. The minimum absolute atomic E-state index is 0.0477. The van der Waals surface area contributed by atoms with Crippen molar-refractivity contribution in [2.75, 3.05) is 6.61 Å². The highest BCUT2D eigenvalue weighted by molar-refractivity contribution is 7.11. The van der Waals surface area contributed by atoms with E-state index in [0.717, 1.165) is 23.3 Å². The molecule has 0 aliphatic heterocycles. The van der Waals surface area contributed by atoms with Crippen molar-refractivity contribution in [2.45, 2.75) is 26.7 Å². The first-order valence-electron chi connectivity index (χ1n) is 7.26. The normalized spacial score (nSPS) is 10.8. The number of nitrogens with one attached hydrogen (secondary N) is 1. The largest absolute Gasteiger partial charge is 0.484 e. The summed E-state index contributed by atoms with van der Waals surface area (Å²) < 4.78 is 5.43. The predicted molar refractivity (Wildman–Crippen MR) is 90.7 cm³/mol. The third kappa shape index (κ3) is 5.00. The van der Waals surface area contributed by atoms with Crippen LogP contribution in [-0.4, -0.2) is 18.7 Å². The minimum Gasteiger partial charge on any atom is -0.484 e. The van der Waals surface area contributed by atoms with Crippen molar-refractivity contribution in [3.63, 3.8) is 0 Å². The Morgan fingerprint density at radius 3 is 2.73 bits per heavy atom. The molecular weight excluding hydrogens is 296 g/mol. The van der Waals surface area contributed by atoms with Gasteiger partial charge in [-0.15, -0.1) is 11.3 Å². The van der Waals surface area contributed by atoms with Gasteiger partial charge in [0, 0.05) is 4.88 Å². The maximum Gasteiger partial charge on any atom is 0.277 e. The Bertz CT molecular complexity index is 632. The Morgan fingerprint density at radius 2 is 2.09 bits per heavy atom. The molecule has 1 heterocycles. The number of ether oxygens (including phenoxy) is 1. The number of hydrogen-bond donors (Lipinski definition) is 1. The molecule has 0 fully saturated rings. The van der Waals surface area contributed by atoms with Gasteiger partial charge in [0.2, 0.25) is 0 Å². The summed E-state index contributed by atoms with van der Waals surface area (Å²) in [6, 6.07) is 9.83. The van der Waals surface area contributed by atoms with Gasteiger partial charge in [-0.2, -0.15) is 5.10 Å². The number of hydrazone groups is 1. The molecule has 0 atom stereocenters. The molecule has 5 heteroatoms. The zero-order chi connectivity index (χ0) is 15.8. The summed E-state index contributed by atoms with van der Waals surface area (Å²) in [7, 11) is 0. The molecule has 1 amide bonds. The van der Waals surface area contributed by atoms with Crippen LogP contribution in [0.5, 0.6) is 5.75 Å². The summed E-state index contributed by atoms with van der Waals surface area (Å²) in [5.74, 6) is 0.413. The lowest BCUT2D eigenvalue weighted by Gasteiger charge is -2.06. The summed E-state index contributed by atoms with van der Waals surface area (Å²) in [6.45, 7) is 4.10. The lowest BCUT2D eigenvalue weighted by atomic mass is 10.1. The number of carbonyl (C=O) groups is 1. The summed E-state index contributed by atoms with van der Waals surface area (Å²) in [5, 5.41) is 5.92. The van der Waals surface area contributed by atoms with Gasteiger partial charge >= 0.3 is 0 Å². The average molecular weight is 316 g/mol. The van der Waals surface area contributed by atoms with E-state index in [1.165, 1.54) is 5.56 Å². The molecule has 4 nitrogen and oxygen atoms in total. The van der Waals surface area contributed by atoms with Crippen LogP contribution in [0.15, 0.2) is 40.8 Å². The number of carbonyl (C=O) groups excluding carboxylic acids is 1. The predicted octanol–water partition coefficient (Wildman–Crippen LogP) is 3.54. The smallest absolute Gasteiger partial charge is 0.277 e. The van der Waals surface area contributed by atoms with E-state index in [2.05, 4.69) is 17.5 Å². The third-order valence-electron chi connectivity index (χ3n) is 3.10. The summed E-state index contributed by atoms with van der Waals surface area (Å²) in [6.07, 6.45) is 3.82. The number of amides is 1. The van der Waals surface area contributed by atoms with Crippen LogP contribution in [0.1, 0.15) is 29.3 Å². The lowest BCUT2D eigenvalue weighted by molar-refractivity contribution is -0.123. The Hall–Kier alpha value is -2.14. The maximum absolute atomic E-state index is 11.7. The van der Waals surface area contributed by atoms with Crippen molar-refractivity contribution < 1.29 is 9.53 Å². The summed E-state index contributed by atoms with van der Waals surface area (Å²) in [5.41, 5.74) is 4.88. The van der Waals surface area contributed by atoms with E-state index < -0.39 is 0 Å². The van der Waals surface area contributed by atoms with Gasteiger partial charge in [0.1, 0.15) is 5.75 Å². The zero-order valence-corrected chi connectivity index (χ0v) is 13.7. The van der Waals surface area contributed by atoms with Gasteiger partial charge in [0.15, 0.2) is 6.61 Å². The van der Waals surface area contributed by atoms with Gasteiger partial charge < -0.3 is 4.74 Å². The van der Waals surface area contributed by atoms with Crippen molar-refractivity contribution in [3.05, 3.63) is 51.7 Å². The average Bonchev–Trinajstić information content (AvgIpc) is 2.92. The van der Waals surface area contributed by atoms with E-state index in [4.69, 9.17) is 4.74 Å². The molecular formula is C17H20N2O2S. The first-order valence-corrected chi connectivity index (χ1v) is 8.14. The fourth-order valence-corrected chi connectivity index (χ4v) is 2.69. The van der Waals surface area contributed by atoms with E-state index >= 15 is 0 Å². The quantitative estimate of drug-likeness (QED) is 0.627. The fraction of sp³-hybridized carbons (Fsp3) is 0.294. The number of rotatable bonds is 7. The molecule has 0 bridgehead atoms. The van der Waals surface area contributed by atoms with Crippen LogP contribution in [0.2, 0.25) is 0 Å². The van der Waals surface area contributed by atoms with Crippen LogP contribution in [-0.2, 0) is 11.2 Å². The molecule has 2 rings (SSSR count).